The minimum absolute atomic E-state index is 0.135. The van der Waals surface area contributed by atoms with Crippen LogP contribution in [0.25, 0.3) is 0 Å². The molecule has 2 aliphatic rings. The lowest BCUT2D eigenvalue weighted by Gasteiger charge is -2.34. The molecule has 0 radical (unpaired) electrons. The molecule has 1 atom stereocenters. The molecule has 2 aliphatic heterocycles. The van der Waals surface area contributed by atoms with Gasteiger partial charge in [0.1, 0.15) is 11.9 Å². The number of hydrogen-bond acceptors (Lipinski definition) is 4. The van der Waals surface area contributed by atoms with Crippen LogP contribution in [0, 0.1) is 0 Å². The second-order valence-electron chi connectivity index (χ2n) is 6.35. The number of ether oxygens (including phenoxy) is 2. The Labute approximate surface area is 136 Å². The van der Waals surface area contributed by atoms with Gasteiger partial charge in [-0.3, -0.25) is 9.88 Å². The van der Waals surface area contributed by atoms with E-state index in [9.17, 15) is 0 Å². The van der Waals surface area contributed by atoms with E-state index in [0.717, 1.165) is 51.4 Å². The average Bonchev–Trinajstić information content (AvgIpc) is 2.95. The first-order valence-corrected chi connectivity index (χ1v) is 8.41. The highest BCUT2D eigenvalue weighted by atomic mass is 16.5. The van der Waals surface area contributed by atoms with E-state index in [1.165, 1.54) is 5.69 Å². The number of pyridine rings is 1. The monoisotopic (exact) mass is 313 g/mol. The van der Waals surface area contributed by atoms with Crippen LogP contribution in [0.1, 0.15) is 18.5 Å². The number of hydrogen-bond donors (Lipinski definition) is 0. The van der Waals surface area contributed by atoms with Crippen LogP contribution in [-0.4, -0.2) is 46.4 Å². The molecule has 0 aromatic carbocycles. The molecule has 1 fully saturated rings. The molecule has 2 aromatic rings. The summed E-state index contributed by atoms with van der Waals surface area (Å²) in [6.07, 6.45) is 8.08. The van der Waals surface area contributed by atoms with E-state index in [1.807, 2.05) is 12.1 Å². The van der Waals surface area contributed by atoms with Crippen LogP contribution in [0.4, 0.5) is 0 Å². The topological polar surface area (TPSA) is 39.5 Å². The Morgan fingerprint density at radius 2 is 2.04 bits per heavy atom. The molecular weight excluding hydrogens is 290 g/mol. The molecule has 0 amide bonds. The Morgan fingerprint density at radius 3 is 2.87 bits per heavy atom. The van der Waals surface area contributed by atoms with Crippen LogP contribution in [-0.2, 0) is 17.8 Å². The Balaban J connectivity index is 1.54. The Hall–Kier alpha value is -1.85. The van der Waals surface area contributed by atoms with Gasteiger partial charge in [0.15, 0.2) is 0 Å². The molecule has 2 aromatic heterocycles. The third-order valence-electron chi connectivity index (χ3n) is 4.77. The van der Waals surface area contributed by atoms with Crippen LogP contribution in [0.3, 0.4) is 0 Å². The minimum Gasteiger partial charge on any atom is -0.486 e. The minimum atomic E-state index is 0.135. The fourth-order valence-corrected chi connectivity index (χ4v) is 3.59. The largest absolute Gasteiger partial charge is 0.486 e. The van der Waals surface area contributed by atoms with Crippen LogP contribution in [0.15, 0.2) is 42.9 Å². The first kappa shape index (κ1) is 14.7. The van der Waals surface area contributed by atoms with Gasteiger partial charge in [-0.2, -0.15) is 0 Å². The van der Waals surface area contributed by atoms with Gasteiger partial charge < -0.3 is 14.0 Å². The second-order valence-corrected chi connectivity index (χ2v) is 6.35. The van der Waals surface area contributed by atoms with Gasteiger partial charge in [0.05, 0.1) is 12.7 Å². The van der Waals surface area contributed by atoms with E-state index in [-0.39, 0.29) is 6.10 Å². The van der Waals surface area contributed by atoms with E-state index in [2.05, 4.69) is 32.8 Å². The highest BCUT2D eigenvalue weighted by molar-refractivity contribution is 5.16. The first-order chi connectivity index (χ1) is 11.4. The Bertz CT molecular complexity index is 622. The van der Waals surface area contributed by atoms with Gasteiger partial charge in [-0.25, -0.2) is 0 Å². The molecule has 4 heterocycles. The lowest BCUT2D eigenvalue weighted by Crippen LogP contribution is -2.43. The van der Waals surface area contributed by atoms with Crippen molar-refractivity contribution < 1.29 is 9.47 Å². The van der Waals surface area contributed by atoms with Gasteiger partial charge in [0.25, 0.3) is 0 Å². The maximum absolute atomic E-state index is 6.23. The van der Waals surface area contributed by atoms with Crippen molar-refractivity contribution in [2.75, 3.05) is 19.8 Å². The number of nitrogens with zero attached hydrogens (tertiary/aromatic N) is 3. The lowest BCUT2D eigenvalue weighted by atomic mass is 10.1. The molecule has 1 saturated heterocycles. The standard InChI is InChI=1S/C18H23N3O2/c1-4-17(11-19-7-1)23-18-13-20-8-2-3-16(20)12-21(14-18)15-5-9-22-10-6-15/h1-4,7-8,11,15,18H,5-6,9-10,12-14H2/t18-/m1/s1. The van der Waals surface area contributed by atoms with Crippen molar-refractivity contribution in [2.24, 2.45) is 0 Å². The summed E-state index contributed by atoms with van der Waals surface area (Å²) in [5.41, 5.74) is 1.37. The summed E-state index contributed by atoms with van der Waals surface area (Å²) in [5.74, 6) is 0.847. The van der Waals surface area contributed by atoms with Crippen molar-refractivity contribution in [2.45, 2.75) is 38.1 Å². The van der Waals surface area contributed by atoms with E-state index < -0.39 is 0 Å². The van der Waals surface area contributed by atoms with E-state index in [4.69, 9.17) is 9.47 Å². The third-order valence-corrected chi connectivity index (χ3v) is 4.77. The fraction of sp³-hybridized carbons (Fsp3) is 0.500. The zero-order valence-electron chi connectivity index (χ0n) is 13.3. The normalized spacial score (nSPS) is 23.2. The molecule has 4 rings (SSSR count). The molecule has 0 unspecified atom stereocenters. The van der Waals surface area contributed by atoms with Crippen LogP contribution >= 0.6 is 0 Å². The molecule has 0 N–H and O–H groups in total. The van der Waals surface area contributed by atoms with Gasteiger partial charge in [0.2, 0.25) is 0 Å². The van der Waals surface area contributed by atoms with Gasteiger partial charge in [-0.05, 0) is 37.1 Å². The van der Waals surface area contributed by atoms with Crippen molar-refractivity contribution in [1.82, 2.24) is 14.5 Å². The summed E-state index contributed by atoms with van der Waals surface area (Å²) in [5, 5.41) is 0. The van der Waals surface area contributed by atoms with Crippen LogP contribution in [0.5, 0.6) is 5.75 Å². The van der Waals surface area contributed by atoms with Gasteiger partial charge >= 0.3 is 0 Å². The van der Waals surface area contributed by atoms with Gasteiger partial charge in [-0.15, -0.1) is 0 Å². The molecule has 0 spiro atoms. The molecule has 23 heavy (non-hydrogen) atoms. The SMILES string of the molecule is c1cncc(O[C@H]2CN(C3CCOCC3)Cc3cccn3C2)c1. The summed E-state index contributed by atoms with van der Waals surface area (Å²) >= 11 is 0. The van der Waals surface area contributed by atoms with Crippen molar-refractivity contribution in [3.8, 4) is 5.75 Å². The van der Waals surface area contributed by atoms with Crippen molar-refractivity contribution in [3.63, 3.8) is 0 Å². The summed E-state index contributed by atoms with van der Waals surface area (Å²) < 4.78 is 14.1. The van der Waals surface area contributed by atoms with Crippen molar-refractivity contribution in [1.29, 1.82) is 0 Å². The Kier molecular flexibility index (Phi) is 4.30. The fourth-order valence-electron chi connectivity index (χ4n) is 3.59. The quantitative estimate of drug-likeness (QED) is 0.872. The first-order valence-electron chi connectivity index (χ1n) is 8.41. The van der Waals surface area contributed by atoms with Crippen LogP contribution in [0.2, 0.25) is 0 Å². The van der Waals surface area contributed by atoms with E-state index in [0.29, 0.717) is 6.04 Å². The maximum Gasteiger partial charge on any atom is 0.138 e. The summed E-state index contributed by atoms with van der Waals surface area (Å²) in [6, 6.07) is 8.84. The Morgan fingerprint density at radius 1 is 1.13 bits per heavy atom. The second kappa shape index (κ2) is 6.72. The molecule has 5 nitrogen and oxygen atoms in total. The molecule has 122 valence electrons. The molecule has 0 aliphatic carbocycles. The predicted octanol–water partition coefficient (Wildman–Crippen LogP) is 2.33. The highest BCUT2D eigenvalue weighted by Gasteiger charge is 2.28. The lowest BCUT2D eigenvalue weighted by molar-refractivity contribution is 0.0171. The third kappa shape index (κ3) is 3.41. The summed E-state index contributed by atoms with van der Waals surface area (Å²) in [7, 11) is 0. The zero-order chi connectivity index (χ0) is 15.5. The van der Waals surface area contributed by atoms with E-state index in [1.54, 1.807) is 12.4 Å². The van der Waals surface area contributed by atoms with E-state index >= 15 is 0 Å². The molecule has 0 saturated carbocycles. The predicted molar refractivity (Wildman–Crippen MR) is 87.3 cm³/mol. The van der Waals surface area contributed by atoms with Crippen molar-refractivity contribution >= 4 is 0 Å². The average molecular weight is 313 g/mol. The van der Waals surface area contributed by atoms with Crippen LogP contribution < -0.4 is 4.74 Å². The summed E-state index contributed by atoms with van der Waals surface area (Å²) in [6.45, 7) is 4.56. The number of fused-ring (bicyclic) bond motifs is 1. The highest BCUT2D eigenvalue weighted by Crippen LogP contribution is 2.23. The smallest absolute Gasteiger partial charge is 0.138 e. The van der Waals surface area contributed by atoms with Crippen molar-refractivity contribution in [3.05, 3.63) is 48.5 Å². The number of rotatable bonds is 3. The maximum atomic E-state index is 6.23. The van der Waals surface area contributed by atoms with Gasteiger partial charge in [-0.1, -0.05) is 0 Å². The molecule has 0 bridgehead atoms. The summed E-state index contributed by atoms with van der Waals surface area (Å²) in [4.78, 5) is 6.73. The number of aromatic nitrogens is 2. The molecular formula is C18H23N3O2. The van der Waals surface area contributed by atoms with Gasteiger partial charge in [0, 0.05) is 50.4 Å². The zero-order valence-corrected chi connectivity index (χ0v) is 13.3. The molecule has 5 heteroatoms.